The fourth-order valence-electron chi connectivity index (χ4n) is 1.93. The van der Waals surface area contributed by atoms with Crippen LogP contribution in [0.15, 0.2) is 42.5 Å². The molecular weight excluding hydrogens is 244 g/mol. The summed E-state index contributed by atoms with van der Waals surface area (Å²) in [6.07, 6.45) is 0. The Labute approximate surface area is 112 Å². The molecule has 0 fully saturated rings. The van der Waals surface area contributed by atoms with Crippen LogP contribution >= 0.6 is 0 Å². The first-order valence-corrected chi connectivity index (χ1v) is 6.31. The van der Waals surface area contributed by atoms with Gasteiger partial charge < -0.3 is 5.32 Å². The fourth-order valence-corrected chi connectivity index (χ4v) is 1.93. The normalized spacial score (nSPS) is 12.4. The summed E-state index contributed by atoms with van der Waals surface area (Å²) in [5, 5.41) is 3.14. The standard InChI is InChI=1S/C16H17F2N/c1-11-6-8-13(9-7-11)12(2)19-10-14-15(17)4-3-5-16(14)18/h3-9,12,19H,10H2,1-2H3/t12-/m1/s1. The van der Waals surface area contributed by atoms with E-state index in [0.29, 0.717) is 0 Å². The molecule has 19 heavy (non-hydrogen) atoms. The van der Waals surface area contributed by atoms with Crippen molar-refractivity contribution in [3.05, 3.63) is 70.8 Å². The van der Waals surface area contributed by atoms with Crippen LogP contribution in [-0.4, -0.2) is 0 Å². The first kappa shape index (κ1) is 13.7. The van der Waals surface area contributed by atoms with E-state index in [4.69, 9.17) is 0 Å². The van der Waals surface area contributed by atoms with Gasteiger partial charge in [-0.3, -0.25) is 0 Å². The van der Waals surface area contributed by atoms with Crippen molar-refractivity contribution in [3.8, 4) is 0 Å². The minimum Gasteiger partial charge on any atom is -0.306 e. The van der Waals surface area contributed by atoms with Gasteiger partial charge in [-0.15, -0.1) is 0 Å². The molecule has 0 unspecified atom stereocenters. The van der Waals surface area contributed by atoms with Gasteiger partial charge in [0.25, 0.3) is 0 Å². The highest BCUT2D eigenvalue weighted by atomic mass is 19.1. The largest absolute Gasteiger partial charge is 0.306 e. The first-order valence-electron chi connectivity index (χ1n) is 6.31. The van der Waals surface area contributed by atoms with Crippen molar-refractivity contribution in [1.82, 2.24) is 5.32 Å². The number of hydrogen-bond donors (Lipinski definition) is 1. The Morgan fingerprint density at radius 2 is 1.58 bits per heavy atom. The van der Waals surface area contributed by atoms with Crippen molar-refractivity contribution in [2.75, 3.05) is 0 Å². The highest BCUT2D eigenvalue weighted by Gasteiger charge is 2.10. The van der Waals surface area contributed by atoms with Crippen LogP contribution in [0.1, 0.15) is 29.7 Å². The lowest BCUT2D eigenvalue weighted by molar-refractivity contribution is 0.509. The van der Waals surface area contributed by atoms with Gasteiger partial charge in [0.15, 0.2) is 0 Å². The Morgan fingerprint density at radius 3 is 2.16 bits per heavy atom. The molecule has 1 nitrogen and oxygen atoms in total. The van der Waals surface area contributed by atoms with Gasteiger partial charge in [-0.2, -0.15) is 0 Å². The second kappa shape index (κ2) is 5.93. The average Bonchev–Trinajstić information content (AvgIpc) is 2.38. The molecule has 0 saturated carbocycles. The summed E-state index contributed by atoms with van der Waals surface area (Å²) in [7, 11) is 0. The summed E-state index contributed by atoms with van der Waals surface area (Å²) in [5.74, 6) is -1.02. The Kier molecular flexibility index (Phi) is 4.27. The van der Waals surface area contributed by atoms with Gasteiger partial charge in [0, 0.05) is 18.2 Å². The topological polar surface area (TPSA) is 12.0 Å². The molecular formula is C16H17F2N. The van der Waals surface area contributed by atoms with E-state index in [1.165, 1.54) is 23.8 Å². The molecule has 2 aromatic rings. The second-order valence-electron chi connectivity index (χ2n) is 4.71. The van der Waals surface area contributed by atoms with Gasteiger partial charge in [0.1, 0.15) is 11.6 Å². The summed E-state index contributed by atoms with van der Waals surface area (Å²) >= 11 is 0. The lowest BCUT2D eigenvalue weighted by Gasteiger charge is -2.15. The van der Waals surface area contributed by atoms with Crippen LogP contribution in [-0.2, 0) is 6.54 Å². The number of rotatable bonds is 4. The zero-order valence-corrected chi connectivity index (χ0v) is 11.1. The molecule has 2 rings (SSSR count). The lowest BCUT2D eigenvalue weighted by atomic mass is 10.1. The van der Waals surface area contributed by atoms with Gasteiger partial charge in [0.05, 0.1) is 0 Å². The van der Waals surface area contributed by atoms with Gasteiger partial charge >= 0.3 is 0 Å². The molecule has 0 aliphatic carbocycles. The van der Waals surface area contributed by atoms with Crippen LogP contribution in [0.3, 0.4) is 0 Å². The third kappa shape index (κ3) is 3.38. The number of hydrogen-bond acceptors (Lipinski definition) is 1. The van der Waals surface area contributed by atoms with Gasteiger partial charge in [-0.25, -0.2) is 8.78 Å². The highest BCUT2D eigenvalue weighted by Crippen LogP contribution is 2.16. The molecule has 0 bridgehead atoms. The van der Waals surface area contributed by atoms with E-state index in [-0.39, 0.29) is 18.2 Å². The average molecular weight is 261 g/mol. The monoisotopic (exact) mass is 261 g/mol. The number of benzene rings is 2. The van der Waals surface area contributed by atoms with Crippen LogP contribution < -0.4 is 5.32 Å². The predicted molar refractivity (Wildman–Crippen MR) is 72.8 cm³/mol. The summed E-state index contributed by atoms with van der Waals surface area (Å²) in [6, 6.07) is 12.0. The maximum atomic E-state index is 13.5. The molecule has 0 saturated heterocycles. The van der Waals surface area contributed by atoms with Crippen molar-refractivity contribution in [2.24, 2.45) is 0 Å². The minimum atomic E-state index is -0.511. The predicted octanol–water partition coefficient (Wildman–Crippen LogP) is 4.12. The van der Waals surface area contributed by atoms with E-state index in [2.05, 4.69) is 5.32 Å². The van der Waals surface area contributed by atoms with E-state index in [1.807, 2.05) is 38.1 Å². The van der Waals surface area contributed by atoms with E-state index < -0.39 is 11.6 Å². The van der Waals surface area contributed by atoms with E-state index >= 15 is 0 Å². The molecule has 0 heterocycles. The minimum absolute atomic E-state index is 0.0413. The molecule has 0 amide bonds. The summed E-state index contributed by atoms with van der Waals surface area (Å²) < 4.78 is 27.0. The zero-order chi connectivity index (χ0) is 13.8. The van der Waals surface area contributed by atoms with Crippen LogP contribution in [0.2, 0.25) is 0 Å². The van der Waals surface area contributed by atoms with Crippen molar-refractivity contribution in [2.45, 2.75) is 26.4 Å². The Balaban J connectivity index is 2.04. The smallest absolute Gasteiger partial charge is 0.130 e. The summed E-state index contributed by atoms with van der Waals surface area (Å²) in [6.45, 7) is 4.17. The molecule has 0 radical (unpaired) electrons. The maximum Gasteiger partial charge on any atom is 0.130 e. The number of halogens is 2. The fraction of sp³-hybridized carbons (Fsp3) is 0.250. The van der Waals surface area contributed by atoms with Crippen LogP contribution in [0.25, 0.3) is 0 Å². The zero-order valence-electron chi connectivity index (χ0n) is 11.1. The third-order valence-electron chi connectivity index (χ3n) is 3.22. The maximum absolute atomic E-state index is 13.5. The molecule has 100 valence electrons. The van der Waals surface area contributed by atoms with Crippen molar-refractivity contribution in [1.29, 1.82) is 0 Å². The van der Waals surface area contributed by atoms with Crippen molar-refractivity contribution >= 4 is 0 Å². The van der Waals surface area contributed by atoms with Gasteiger partial charge in [-0.05, 0) is 31.5 Å². The quantitative estimate of drug-likeness (QED) is 0.872. The first-order chi connectivity index (χ1) is 9.08. The van der Waals surface area contributed by atoms with Crippen LogP contribution in [0.4, 0.5) is 8.78 Å². The summed E-state index contributed by atoms with van der Waals surface area (Å²) in [4.78, 5) is 0. The summed E-state index contributed by atoms with van der Waals surface area (Å²) in [5.41, 5.74) is 2.37. The third-order valence-corrected chi connectivity index (χ3v) is 3.22. The number of aryl methyl sites for hydroxylation is 1. The van der Waals surface area contributed by atoms with Gasteiger partial charge in [0.2, 0.25) is 0 Å². The second-order valence-corrected chi connectivity index (χ2v) is 4.71. The van der Waals surface area contributed by atoms with E-state index in [1.54, 1.807) is 0 Å². The SMILES string of the molecule is Cc1ccc([C@@H](C)NCc2c(F)cccc2F)cc1. The van der Waals surface area contributed by atoms with E-state index in [0.717, 1.165) is 5.56 Å². The molecule has 1 N–H and O–H groups in total. The Hall–Kier alpha value is -1.74. The Bertz CT molecular complexity index is 529. The van der Waals surface area contributed by atoms with Crippen LogP contribution in [0.5, 0.6) is 0 Å². The molecule has 0 aromatic heterocycles. The van der Waals surface area contributed by atoms with Crippen molar-refractivity contribution < 1.29 is 8.78 Å². The molecule has 0 spiro atoms. The van der Waals surface area contributed by atoms with Crippen LogP contribution in [0, 0.1) is 18.6 Å². The number of nitrogens with one attached hydrogen (secondary N) is 1. The Morgan fingerprint density at radius 1 is 1.00 bits per heavy atom. The molecule has 1 atom stereocenters. The van der Waals surface area contributed by atoms with Gasteiger partial charge in [-0.1, -0.05) is 35.9 Å². The lowest BCUT2D eigenvalue weighted by Crippen LogP contribution is -2.19. The molecule has 3 heteroatoms. The highest BCUT2D eigenvalue weighted by molar-refractivity contribution is 5.24. The molecule has 0 aliphatic heterocycles. The van der Waals surface area contributed by atoms with E-state index in [9.17, 15) is 8.78 Å². The molecule has 2 aromatic carbocycles. The molecule has 0 aliphatic rings. The van der Waals surface area contributed by atoms with Crippen molar-refractivity contribution in [3.63, 3.8) is 0 Å².